The van der Waals surface area contributed by atoms with Crippen LogP contribution in [0.1, 0.15) is 25.7 Å². The highest BCUT2D eigenvalue weighted by atomic mass is 15.1. The monoisotopic (exact) mass is 124 g/mol. The van der Waals surface area contributed by atoms with Gasteiger partial charge in [0.15, 0.2) is 0 Å². The van der Waals surface area contributed by atoms with E-state index in [-0.39, 0.29) is 0 Å². The summed E-state index contributed by atoms with van der Waals surface area (Å²) in [5.74, 6) is 6.95. The Bertz CT molecular complexity index is 147. The Morgan fingerprint density at radius 2 is 2.11 bits per heavy atom. The van der Waals surface area contributed by atoms with Crippen LogP contribution >= 0.6 is 0 Å². The molecule has 2 saturated carbocycles. The SMILES string of the molecule is N/N=C1/CCC1C1CC1. The Balaban J connectivity index is 1.98. The van der Waals surface area contributed by atoms with Crippen LogP contribution in [0.15, 0.2) is 5.10 Å². The lowest BCUT2D eigenvalue weighted by Gasteiger charge is -2.27. The molecular weight excluding hydrogens is 112 g/mol. The average Bonchev–Trinajstić information content (AvgIpc) is 2.48. The second-order valence-electron chi connectivity index (χ2n) is 3.10. The van der Waals surface area contributed by atoms with Crippen molar-refractivity contribution in [1.82, 2.24) is 0 Å². The smallest absolute Gasteiger partial charge is 0.0409 e. The van der Waals surface area contributed by atoms with Gasteiger partial charge in [0.05, 0.1) is 0 Å². The Kier molecular flexibility index (Phi) is 1.01. The van der Waals surface area contributed by atoms with Crippen LogP contribution in [0.5, 0.6) is 0 Å². The van der Waals surface area contributed by atoms with Gasteiger partial charge in [0.25, 0.3) is 0 Å². The molecule has 0 amide bonds. The van der Waals surface area contributed by atoms with Crippen LogP contribution in [0, 0.1) is 11.8 Å². The maximum absolute atomic E-state index is 5.18. The molecule has 0 heterocycles. The molecule has 0 aromatic heterocycles. The van der Waals surface area contributed by atoms with E-state index in [1.807, 2.05) is 0 Å². The summed E-state index contributed by atoms with van der Waals surface area (Å²) in [7, 11) is 0. The molecule has 2 heteroatoms. The number of hydrazone groups is 1. The number of nitrogens with two attached hydrogens (primary N) is 1. The number of rotatable bonds is 1. The summed E-state index contributed by atoms with van der Waals surface area (Å²) in [6.45, 7) is 0. The highest BCUT2D eigenvalue weighted by molar-refractivity contribution is 5.92. The van der Waals surface area contributed by atoms with Crippen molar-refractivity contribution in [2.45, 2.75) is 25.7 Å². The molecule has 1 unspecified atom stereocenters. The molecule has 0 saturated heterocycles. The van der Waals surface area contributed by atoms with E-state index >= 15 is 0 Å². The van der Waals surface area contributed by atoms with Gasteiger partial charge >= 0.3 is 0 Å². The molecule has 0 aromatic rings. The quantitative estimate of drug-likeness (QED) is 0.413. The molecule has 0 radical (unpaired) electrons. The summed E-state index contributed by atoms with van der Waals surface area (Å²) >= 11 is 0. The lowest BCUT2D eigenvalue weighted by molar-refractivity contribution is 0.490. The van der Waals surface area contributed by atoms with Crippen LogP contribution in [0.25, 0.3) is 0 Å². The summed E-state index contributed by atoms with van der Waals surface area (Å²) in [6, 6.07) is 0. The van der Waals surface area contributed by atoms with E-state index in [2.05, 4.69) is 5.10 Å². The zero-order valence-electron chi connectivity index (χ0n) is 5.51. The maximum atomic E-state index is 5.18. The molecule has 2 rings (SSSR count). The van der Waals surface area contributed by atoms with Crippen LogP contribution in [0.2, 0.25) is 0 Å². The number of hydrogen-bond acceptors (Lipinski definition) is 2. The Hall–Kier alpha value is -0.530. The van der Waals surface area contributed by atoms with E-state index in [1.165, 1.54) is 25.0 Å². The molecule has 2 aliphatic rings. The van der Waals surface area contributed by atoms with Crippen molar-refractivity contribution in [3.05, 3.63) is 0 Å². The van der Waals surface area contributed by atoms with Crippen LogP contribution in [-0.4, -0.2) is 5.71 Å². The molecule has 0 aromatic carbocycles. The van der Waals surface area contributed by atoms with E-state index in [9.17, 15) is 0 Å². The molecule has 9 heavy (non-hydrogen) atoms. The molecule has 2 nitrogen and oxygen atoms in total. The van der Waals surface area contributed by atoms with Crippen molar-refractivity contribution in [1.29, 1.82) is 0 Å². The van der Waals surface area contributed by atoms with Crippen molar-refractivity contribution in [2.24, 2.45) is 22.8 Å². The Morgan fingerprint density at radius 1 is 1.33 bits per heavy atom. The van der Waals surface area contributed by atoms with Gasteiger partial charge < -0.3 is 5.84 Å². The van der Waals surface area contributed by atoms with E-state index in [0.29, 0.717) is 0 Å². The lowest BCUT2D eigenvalue weighted by atomic mass is 9.79. The van der Waals surface area contributed by atoms with Gasteiger partial charge in [-0.2, -0.15) is 5.10 Å². The summed E-state index contributed by atoms with van der Waals surface area (Å²) in [4.78, 5) is 0. The third-order valence-corrected chi connectivity index (χ3v) is 2.50. The minimum Gasteiger partial charge on any atom is -0.323 e. The standard InChI is InChI=1S/C7H12N2/c8-9-7-4-3-6(7)5-1-2-5/h5-6H,1-4,8H2/b9-7-. The second-order valence-corrected chi connectivity index (χ2v) is 3.10. The Morgan fingerprint density at radius 3 is 2.44 bits per heavy atom. The molecule has 50 valence electrons. The second kappa shape index (κ2) is 1.72. The Labute approximate surface area is 55.1 Å². The molecule has 0 spiro atoms. The lowest BCUT2D eigenvalue weighted by Crippen LogP contribution is -2.28. The fourth-order valence-corrected chi connectivity index (χ4v) is 1.61. The van der Waals surface area contributed by atoms with Gasteiger partial charge in [0.2, 0.25) is 0 Å². The van der Waals surface area contributed by atoms with E-state index < -0.39 is 0 Å². The van der Waals surface area contributed by atoms with Crippen molar-refractivity contribution < 1.29 is 0 Å². The third-order valence-electron chi connectivity index (χ3n) is 2.50. The fourth-order valence-electron chi connectivity index (χ4n) is 1.61. The van der Waals surface area contributed by atoms with Gasteiger partial charge in [0.1, 0.15) is 0 Å². The normalized spacial score (nSPS) is 38.7. The first-order valence-corrected chi connectivity index (χ1v) is 3.68. The van der Waals surface area contributed by atoms with Crippen LogP contribution in [-0.2, 0) is 0 Å². The van der Waals surface area contributed by atoms with Crippen LogP contribution in [0.3, 0.4) is 0 Å². The highest BCUT2D eigenvalue weighted by Gasteiger charge is 2.39. The van der Waals surface area contributed by atoms with E-state index in [1.54, 1.807) is 0 Å². The van der Waals surface area contributed by atoms with Crippen molar-refractivity contribution in [3.8, 4) is 0 Å². The van der Waals surface area contributed by atoms with E-state index in [0.717, 1.165) is 18.3 Å². The molecule has 1 atom stereocenters. The van der Waals surface area contributed by atoms with Gasteiger partial charge in [-0.05, 0) is 31.6 Å². The predicted molar refractivity (Wildman–Crippen MR) is 37.1 cm³/mol. The molecule has 2 N–H and O–H groups in total. The van der Waals surface area contributed by atoms with Gasteiger partial charge in [-0.3, -0.25) is 0 Å². The van der Waals surface area contributed by atoms with Crippen molar-refractivity contribution in [2.75, 3.05) is 0 Å². The van der Waals surface area contributed by atoms with Crippen molar-refractivity contribution in [3.63, 3.8) is 0 Å². The summed E-state index contributed by atoms with van der Waals surface area (Å²) in [5.41, 5.74) is 1.28. The first-order valence-electron chi connectivity index (χ1n) is 3.68. The number of nitrogens with zero attached hydrogens (tertiary/aromatic N) is 1. The first-order chi connectivity index (χ1) is 4.42. The summed E-state index contributed by atoms with van der Waals surface area (Å²) in [5, 5.41) is 3.75. The zero-order chi connectivity index (χ0) is 6.27. The largest absolute Gasteiger partial charge is 0.323 e. The number of hydrogen-bond donors (Lipinski definition) is 1. The van der Waals surface area contributed by atoms with Gasteiger partial charge in [0, 0.05) is 11.6 Å². The van der Waals surface area contributed by atoms with Gasteiger partial charge in [-0.15, -0.1) is 0 Å². The van der Waals surface area contributed by atoms with Crippen molar-refractivity contribution >= 4 is 5.71 Å². The van der Waals surface area contributed by atoms with Gasteiger partial charge in [-0.1, -0.05) is 0 Å². The zero-order valence-corrected chi connectivity index (χ0v) is 5.51. The average molecular weight is 124 g/mol. The summed E-state index contributed by atoms with van der Waals surface area (Å²) < 4.78 is 0. The minimum absolute atomic E-state index is 0.801. The predicted octanol–water partition coefficient (Wildman–Crippen LogP) is 1.12. The molecule has 2 aliphatic carbocycles. The van der Waals surface area contributed by atoms with E-state index in [4.69, 9.17) is 5.84 Å². The maximum Gasteiger partial charge on any atom is 0.0409 e. The summed E-state index contributed by atoms with van der Waals surface area (Å²) in [6.07, 6.45) is 5.35. The molecule has 0 bridgehead atoms. The van der Waals surface area contributed by atoms with Gasteiger partial charge in [-0.25, -0.2) is 0 Å². The minimum atomic E-state index is 0.801. The molecule has 0 aliphatic heterocycles. The fraction of sp³-hybridized carbons (Fsp3) is 0.857. The highest BCUT2D eigenvalue weighted by Crippen LogP contribution is 2.44. The van der Waals surface area contributed by atoms with Crippen LogP contribution in [0.4, 0.5) is 0 Å². The topological polar surface area (TPSA) is 38.4 Å². The third kappa shape index (κ3) is 0.732. The molecule has 2 fully saturated rings. The molecular formula is C7H12N2. The van der Waals surface area contributed by atoms with Crippen LogP contribution < -0.4 is 5.84 Å². The first kappa shape index (κ1) is 5.27.